The average molecular weight is 179 g/mol. The van der Waals surface area contributed by atoms with E-state index < -0.39 is 0 Å². The lowest BCUT2D eigenvalue weighted by Crippen LogP contribution is -2.06. The molecule has 1 aromatic heterocycles. The maximum atomic E-state index is 11.2. The largest absolute Gasteiger partial charge is 0.461 e. The third kappa shape index (κ3) is 3.15. The smallest absolute Gasteiger partial charge is 0.354 e. The zero-order valence-electron chi connectivity index (χ0n) is 7.45. The fourth-order valence-corrected chi connectivity index (χ4v) is 0.928. The van der Waals surface area contributed by atoms with Crippen molar-refractivity contribution < 1.29 is 9.53 Å². The van der Waals surface area contributed by atoms with Crippen LogP contribution in [-0.2, 0) is 4.74 Å². The molecule has 0 aliphatic carbocycles. The summed E-state index contributed by atoms with van der Waals surface area (Å²) >= 11 is 0. The topological polar surface area (TPSA) is 42.1 Å². The van der Waals surface area contributed by atoms with Crippen molar-refractivity contribution in [3.05, 3.63) is 36.7 Å². The lowest BCUT2D eigenvalue weighted by molar-refractivity contribution is 0.0495. The predicted molar refractivity (Wildman–Crippen MR) is 50.5 cm³/mol. The molecule has 0 amide bonds. The van der Waals surface area contributed by atoms with Crippen LogP contribution in [0.4, 0.5) is 0 Å². The Kier molecular flexibility index (Phi) is 3.82. The minimum Gasteiger partial charge on any atom is -0.461 e. The van der Waals surface area contributed by atoms with E-state index in [1.165, 1.54) is 0 Å². The van der Waals surface area contributed by atoms with Crippen LogP contribution in [0.1, 0.15) is 23.3 Å². The summed E-state index contributed by atoms with van der Waals surface area (Å²) in [6, 6.07) is 3.45. The third-order valence-electron chi connectivity index (χ3n) is 1.60. The number of hydrogen-bond donors (Lipinski definition) is 1. The molecule has 0 unspecified atom stereocenters. The number of rotatable bonds is 5. The van der Waals surface area contributed by atoms with Gasteiger partial charge in [-0.25, -0.2) is 4.79 Å². The first-order valence-electron chi connectivity index (χ1n) is 4.26. The summed E-state index contributed by atoms with van der Waals surface area (Å²) in [5.74, 6) is -0.297. The molecule has 0 saturated carbocycles. The highest BCUT2D eigenvalue weighted by Crippen LogP contribution is 1.99. The van der Waals surface area contributed by atoms with Gasteiger partial charge in [-0.1, -0.05) is 6.08 Å². The van der Waals surface area contributed by atoms with E-state index in [0.717, 1.165) is 12.8 Å². The third-order valence-corrected chi connectivity index (χ3v) is 1.60. The van der Waals surface area contributed by atoms with Crippen LogP contribution < -0.4 is 0 Å². The van der Waals surface area contributed by atoms with Crippen LogP contribution in [0.5, 0.6) is 0 Å². The van der Waals surface area contributed by atoms with E-state index in [-0.39, 0.29) is 5.97 Å². The summed E-state index contributed by atoms with van der Waals surface area (Å²) in [5, 5.41) is 0. The van der Waals surface area contributed by atoms with Gasteiger partial charge in [-0.15, -0.1) is 6.58 Å². The second-order valence-corrected chi connectivity index (χ2v) is 2.65. The Balaban J connectivity index is 2.23. The number of carbonyl (C=O) groups excluding carboxylic acids is 1. The molecule has 0 aliphatic heterocycles. The molecule has 70 valence electrons. The number of carbonyl (C=O) groups is 1. The molecule has 0 aromatic carbocycles. The van der Waals surface area contributed by atoms with E-state index >= 15 is 0 Å². The molecule has 3 nitrogen and oxygen atoms in total. The summed E-state index contributed by atoms with van der Waals surface area (Å²) in [5.41, 5.74) is 0.499. The molecule has 1 aromatic rings. The highest BCUT2D eigenvalue weighted by molar-refractivity contribution is 5.87. The normalized spacial score (nSPS) is 9.54. The number of nitrogens with one attached hydrogen (secondary N) is 1. The molecule has 0 aliphatic rings. The van der Waals surface area contributed by atoms with E-state index in [0.29, 0.717) is 12.3 Å². The maximum absolute atomic E-state index is 11.2. The minimum atomic E-state index is -0.297. The first kappa shape index (κ1) is 9.58. The van der Waals surface area contributed by atoms with Crippen molar-refractivity contribution in [1.82, 2.24) is 4.98 Å². The average Bonchev–Trinajstić information content (AvgIpc) is 2.65. The van der Waals surface area contributed by atoms with E-state index in [2.05, 4.69) is 11.6 Å². The van der Waals surface area contributed by atoms with Gasteiger partial charge in [0.25, 0.3) is 0 Å². The second kappa shape index (κ2) is 5.19. The summed E-state index contributed by atoms with van der Waals surface area (Å²) < 4.78 is 4.97. The van der Waals surface area contributed by atoms with Crippen molar-refractivity contribution in [2.45, 2.75) is 12.8 Å². The van der Waals surface area contributed by atoms with Gasteiger partial charge >= 0.3 is 5.97 Å². The molecule has 1 N–H and O–H groups in total. The van der Waals surface area contributed by atoms with Gasteiger partial charge in [-0.3, -0.25) is 0 Å². The Labute approximate surface area is 77.4 Å². The Morgan fingerprint density at radius 3 is 3.15 bits per heavy atom. The van der Waals surface area contributed by atoms with Gasteiger partial charge in [0, 0.05) is 6.20 Å². The second-order valence-electron chi connectivity index (χ2n) is 2.65. The number of H-pyrrole nitrogens is 1. The first-order valence-corrected chi connectivity index (χ1v) is 4.26. The molecular formula is C10H13NO2. The number of aromatic amines is 1. The fourth-order valence-electron chi connectivity index (χ4n) is 0.928. The molecule has 3 heteroatoms. The Hall–Kier alpha value is -1.51. The number of hydrogen-bond acceptors (Lipinski definition) is 2. The number of allylic oxidation sites excluding steroid dienone is 1. The Morgan fingerprint density at radius 2 is 2.54 bits per heavy atom. The zero-order chi connectivity index (χ0) is 9.52. The van der Waals surface area contributed by atoms with Crippen LogP contribution in [0.2, 0.25) is 0 Å². The first-order chi connectivity index (χ1) is 6.34. The van der Waals surface area contributed by atoms with E-state index in [4.69, 9.17) is 4.74 Å². The monoisotopic (exact) mass is 179 g/mol. The van der Waals surface area contributed by atoms with Crippen LogP contribution in [0.25, 0.3) is 0 Å². The van der Waals surface area contributed by atoms with Gasteiger partial charge in [0.2, 0.25) is 0 Å². The fraction of sp³-hybridized carbons (Fsp3) is 0.300. The molecule has 0 atom stereocenters. The van der Waals surface area contributed by atoms with E-state index in [9.17, 15) is 4.79 Å². The number of esters is 1. The molecule has 0 radical (unpaired) electrons. The molecule has 0 fully saturated rings. The van der Waals surface area contributed by atoms with Gasteiger partial charge in [0.1, 0.15) is 5.69 Å². The summed E-state index contributed by atoms with van der Waals surface area (Å²) in [6.45, 7) is 4.03. The zero-order valence-corrected chi connectivity index (χ0v) is 7.45. The van der Waals surface area contributed by atoms with Crippen LogP contribution in [-0.4, -0.2) is 17.6 Å². The summed E-state index contributed by atoms with van der Waals surface area (Å²) in [4.78, 5) is 14.0. The molecule has 1 heterocycles. The van der Waals surface area contributed by atoms with Gasteiger partial charge in [0.05, 0.1) is 6.61 Å². The molecule has 1 rings (SSSR count). The van der Waals surface area contributed by atoms with E-state index in [1.807, 2.05) is 6.08 Å². The van der Waals surface area contributed by atoms with Crippen molar-refractivity contribution in [2.24, 2.45) is 0 Å². The van der Waals surface area contributed by atoms with Crippen molar-refractivity contribution in [3.8, 4) is 0 Å². The molecule has 0 bridgehead atoms. The lowest BCUT2D eigenvalue weighted by atomic mass is 10.3. The molecule has 0 spiro atoms. The van der Waals surface area contributed by atoms with Gasteiger partial charge in [0.15, 0.2) is 0 Å². The predicted octanol–water partition coefficient (Wildman–Crippen LogP) is 2.14. The highest BCUT2D eigenvalue weighted by atomic mass is 16.5. The van der Waals surface area contributed by atoms with Gasteiger partial charge in [-0.05, 0) is 25.0 Å². The number of ether oxygens (including phenoxy) is 1. The molecule has 13 heavy (non-hydrogen) atoms. The highest BCUT2D eigenvalue weighted by Gasteiger charge is 2.05. The van der Waals surface area contributed by atoms with Crippen molar-refractivity contribution in [2.75, 3.05) is 6.61 Å². The molecular weight excluding hydrogens is 166 g/mol. The Morgan fingerprint density at radius 1 is 1.69 bits per heavy atom. The number of unbranched alkanes of at least 4 members (excludes halogenated alkanes) is 1. The van der Waals surface area contributed by atoms with Gasteiger partial charge < -0.3 is 9.72 Å². The van der Waals surface area contributed by atoms with Crippen molar-refractivity contribution in [3.63, 3.8) is 0 Å². The minimum absolute atomic E-state index is 0.297. The standard InChI is InChI=1S/C10H13NO2/c1-2-3-4-8-13-10(12)9-6-5-7-11-9/h2,5-7,11H,1,3-4,8H2. The summed E-state index contributed by atoms with van der Waals surface area (Å²) in [7, 11) is 0. The van der Waals surface area contributed by atoms with Crippen molar-refractivity contribution in [1.29, 1.82) is 0 Å². The lowest BCUT2D eigenvalue weighted by Gasteiger charge is -2.00. The van der Waals surface area contributed by atoms with E-state index in [1.54, 1.807) is 18.3 Å². The summed E-state index contributed by atoms with van der Waals surface area (Å²) in [6.07, 6.45) is 5.21. The Bertz CT molecular complexity index is 264. The number of aromatic nitrogens is 1. The van der Waals surface area contributed by atoms with Crippen LogP contribution in [0, 0.1) is 0 Å². The van der Waals surface area contributed by atoms with Crippen molar-refractivity contribution >= 4 is 5.97 Å². The van der Waals surface area contributed by atoms with Gasteiger partial charge in [-0.2, -0.15) is 0 Å². The van der Waals surface area contributed by atoms with Crippen LogP contribution in [0.3, 0.4) is 0 Å². The molecule has 0 saturated heterocycles. The van der Waals surface area contributed by atoms with Crippen LogP contribution >= 0.6 is 0 Å². The SMILES string of the molecule is C=CCCCOC(=O)c1ccc[nH]1. The maximum Gasteiger partial charge on any atom is 0.354 e. The quantitative estimate of drug-likeness (QED) is 0.427. The van der Waals surface area contributed by atoms with Crippen LogP contribution in [0.15, 0.2) is 31.0 Å².